The van der Waals surface area contributed by atoms with Crippen molar-refractivity contribution in [2.45, 2.75) is 12.5 Å². The van der Waals surface area contributed by atoms with Gasteiger partial charge in [-0.25, -0.2) is 0 Å². The summed E-state index contributed by atoms with van der Waals surface area (Å²) in [6.07, 6.45) is 0.589. The van der Waals surface area contributed by atoms with Crippen LogP contribution in [0.4, 0.5) is 0 Å². The molecule has 4 nitrogen and oxygen atoms in total. The number of methoxy groups -OCH3 is 1. The Kier molecular flexibility index (Phi) is 3.54. The van der Waals surface area contributed by atoms with Gasteiger partial charge in [0.25, 0.3) is 0 Å². The van der Waals surface area contributed by atoms with E-state index >= 15 is 0 Å². The summed E-state index contributed by atoms with van der Waals surface area (Å²) >= 11 is 0. The van der Waals surface area contributed by atoms with Crippen LogP contribution < -0.4 is 4.74 Å². The van der Waals surface area contributed by atoms with Crippen molar-refractivity contribution in [1.29, 1.82) is 0 Å². The first-order valence-electron chi connectivity index (χ1n) is 6.45. The Bertz CT molecular complexity index is 593. The van der Waals surface area contributed by atoms with E-state index in [-0.39, 0.29) is 6.10 Å². The van der Waals surface area contributed by atoms with Gasteiger partial charge in [-0.3, -0.25) is 0 Å². The van der Waals surface area contributed by atoms with E-state index in [0.29, 0.717) is 12.3 Å². The van der Waals surface area contributed by atoms with Crippen LogP contribution >= 0.6 is 0 Å². The zero-order valence-electron chi connectivity index (χ0n) is 11.2. The molecule has 0 amide bonds. The minimum Gasteiger partial charge on any atom is -0.482 e. The monoisotopic (exact) mass is 269 g/mol. The molecule has 3 rings (SSSR count). The zero-order valence-corrected chi connectivity index (χ0v) is 11.2. The number of nitrogens with zero attached hydrogens (tertiary/aromatic N) is 1. The molecule has 0 saturated heterocycles. The van der Waals surface area contributed by atoms with E-state index in [1.165, 1.54) is 0 Å². The van der Waals surface area contributed by atoms with E-state index in [1.54, 1.807) is 7.11 Å². The fraction of sp³-hybridized carbons (Fsp3) is 0.188. The molecule has 1 atom stereocenters. The van der Waals surface area contributed by atoms with Gasteiger partial charge >= 0.3 is 0 Å². The summed E-state index contributed by atoms with van der Waals surface area (Å²) in [6, 6.07) is 17.5. The summed E-state index contributed by atoms with van der Waals surface area (Å²) in [6.45, 7) is 0. The highest BCUT2D eigenvalue weighted by Gasteiger charge is 2.23. The van der Waals surface area contributed by atoms with Crippen LogP contribution in [0.3, 0.4) is 0 Å². The van der Waals surface area contributed by atoms with Gasteiger partial charge in [0.1, 0.15) is 11.5 Å². The molecule has 0 fully saturated rings. The lowest BCUT2D eigenvalue weighted by Crippen LogP contribution is -2.01. The maximum Gasteiger partial charge on any atom is 0.229 e. The first kappa shape index (κ1) is 12.5. The molecule has 0 saturated carbocycles. The summed E-state index contributed by atoms with van der Waals surface area (Å²) in [4.78, 5) is 5.32. The van der Waals surface area contributed by atoms with Gasteiger partial charge in [0, 0.05) is 0 Å². The third-order valence-electron chi connectivity index (χ3n) is 3.11. The highest BCUT2D eigenvalue weighted by atomic mass is 16.7. The molecule has 0 aromatic heterocycles. The van der Waals surface area contributed by atoms with E-state index in [2.05, 4.69) is 5.16 Å². The van der Waals surface area contributed by atoms with Crippen molar-refractivity contribution in [2.24, 2.45) is 5.16 Å². The lowest BCUT2D eigenvalue weighted by Gasteiger charge is -2.10. The third-order valence-corrected chi connectivity index (χ3v) is 3.11. The summed E-state index contributed by atoms with van der Waals surface area (Å²) in [5.41, 5.74) is 1.06. The second-order valence-electron chi connectivity index (χ2n) is 4.47. The lowest BCUT2D eigenvalue weighted by molar-refractivity contribution is 0.0854. The smallest absolute Gasteiger partial charge is 0.229 e. The Balaban J connectivity index is 1.66. The number of ether oxygens (including phenoxy) is 2. The Morgan fingerprint density at radius 3 is 2.35 bits per heavy atom. The van der Waals surface area contributed by atoms with Crippen molar-refractivity contribution in [3.63, 3.8) is 0 Å². The Morgan fingerprint density at radius 1 is 1.00 bits per heavy atom. The van der Waals surface area contributed by atoms with Gasteiger partial charge in [-0.2, -0.15) is 0 Å². The maximum absolute atomic E-state index is 5.74. The SMILES string of the molecule is COC1=NO[C@@H](c2ccc(Oc3ccccc3)cc2)C1. The topological polar surface area (TPSA) is 40.0 Å². The minimum atomic E-state index is -0.0734. The van der Waals surface area contributed by atoms with Crippen LogP contribution in [0.2, 0.25) is 0 Å². The molecular formula is C16H15NO3. The standard InChI is InChI=1S/C16H15NO3/c1-18-16-11-15(20-17-16)12-7-9-14(10-8-12)19-13-5-3-2-4-6-13/h2-10,15H,11H2,1H3/t15-/m1/s1. The summed E-state index contributed by atoms with van der Waals surface area (Å²) in [5, 5.41) is 3.87. The molecule has 0 radical (unpaired) electrons. The van der Waals surface area contributed by atoms with Crippen molar-refractivity contribution in [1.82, 2.24) is 0 Å². The third kappa shape index (κ3) is 2.74. The fourth-order valence-corrected chi connectivity index (χ4v) is 2.03. The van der Waals surface area contributed by atoms with Crippen LogP contribution in [0.1, 0.15) is 18.1 Å². The molecule has 1 aliphatic rings. The predicted octanol–water partition coefficient (Wildman–Crippen LogP) is 3.90. The molecule has 0 unspecified atom stereocenters. The summed E-state index contributed by atoms with van der Waals surface area (Å²) in [7, 11) is 1.60. The van der Waals surface area contributed by atoms with Gasteiger partial charge < -0.3 is 14.3 Å². The van der Waals surface area contributed by atoms with Crippen LogP contribution in [0.25, 0.3) is 0 Å². The van der Waals surface area contributed by atoms with E-state index in [0.717, 1.165) is 17.1 Å². The van der Waals surface area contributed by atoms with Gasteiger partial charge in [-0.05, 0) is 29.8 Å². The van der Waals surface area contributed by atoms with Crippen molar-refractivity contribution < 1.29 is 14.3 Å². The average Bonchev–Trinajstić information content (AvgIpc) is 2.98. The molecule has 0 bridgehead atoms. The van der Waals surface area contributed by atoms with Crippen LogP contribution in [0.5, 0.6) is 11.5 Å². The zero-order chi connectivity index (χ0) is 13.8. The highest BCUT2D eigenvalue weighted by Crippen LogP contribution is 2.29. The first-order valence-corrected chi connectivity index (χ1v) is 6.45. The van der Waals surface area contributed by atoms with E-state index in [4.69, 9.17) is 14.3 Å². The van der Waals surface area contributed by atoms with Crippen molar-refractivity contribution in [3.05, 3.63) is 60.2 Å². The molecule has 0 spiro atoms. The molecular weight excluding hydrogens is 254 g/mol. The van der Waals surface area contributed by atoms with Gasteiger partial charge in [-0.15, -0.1) is 0 Å². The van der Waals surface area contributed by atoms with Gasteiger partial charge in [-0.1, -0.05) is 35.5 Å². The van der Waals surface area contributed by atoms with Crippen molar-refractivity contribution in [2.75, 3.05) is 7.11 Å². The minimum absolute atomic E-state index is 0.0734. The lowest BCUT2D eigenvalue weighted by atomic mass is 10.1. The summed E-state index contributed by atoms with van der Waals surface area (Å²) < 4.78 is 10.8. The quantitative estimate of drug-likeness (QED) is 0.848. The van der Waals surface area contributed by atoms with Crippen LogP contribution in [0, 0.1) is 0 Å². The molecule has 2 aromatic carbocycles. The van der Waals surface area contributed by atoms with Crippen LogP contribution in [-0.2, 0) is 9.57 Å². The Labute approximate surface area is 117 Å². The second kappa shape index (κ2) is 5.65. The van der Waals surface area contributed by atoms with E-state index < -0.39 is 0 Å². The highest BCUT2D eigenvalue weighted by molar-refractivity contribution is 5.77. The molecule has 0 N–H and O–H groups in total. The van der Waals surface area contributed by atoms with E-state index in [9.17, 15) is 0 Å². The van der Waals surface area contributed by atoms with Crippen molar-refractivity contribution in [3.8, 4) is 11.5 Å². The normalized spacial score (nSPS) is 17.2. The molecule has 1 heterocycles. The van der Waals surface area contributed by atoms with Gasteiger partial charge in [0.05, 0.1) is 13.5 Å². The molecule has 20 heavy (non-hydrogen) atoms. The van der Waals surface area contributed by atoms with Gasteiger partial charge in [0.15, 0.2) is 6.10 Å². The van der Waals surface area contributed by atoms with Gasteiger partial charge in [0.2, 0.25) is 5.90 Å². The second-order valence-corrected chi connectivity index (χ2v) is 4.47. The number of rotatable bonds is 3. The van der Waals surface area contributed by atoms with E-state index in [1.807, 2.05) is 54.6 Å². The number of hydrogen-bond acceptors (Lipinski definition) is 4. The first-order chi connectivity index (χ1) is 9.85. The number of para-hydroxylation sites is 1. The molecule has 102 valence electrons. The Hall–Kier alpha value is -2.49. The molecule has 0 aliphatic carbocycles. The molecule has 2 aromatic rings. The number of oxime groups is 1. The number of benzene rings is 2. The summed E-state index contributed by atoms with van der Waals surface area (Å²) in [5.74, 6) is 2.24. The molecule has 1 aliphatic heterocycles. The predicted molar refractivity (Wildman–Crippen MR) is 75.8 cm³/mol. The van der Waals surface area contributed by atoms with Crippen molar-refractivity contribution >= 4 is 5.90 Å². The van der Waals surface area contributed by atoms with Crippen LogP contribution in [0.15, 0.2) is 59.8 Å². The largest absolute Gasteiger partial charge is 0.482 e. The number of hydrogen-bond donors (Lipinski definition) is 0. The average molecular weight is 269 g/mol. The fourth-order valence-electron chi connectivity index (χ4n) is 2.03. The Morgan fingerprint density at radius 2 is 1.70 bits per heavy atom. The maximum atomic E-state index is 5.74. The van der Waals surface area contributed by atoms with Crippen LogP contribution in [-0.4, -0.2) is 13.0 Å². The molecule has 4 heteroatoms.